The molecule has 6 atom stereocenters. The average Bonchev–Trinajstić information content (AvgIpc) is 3.28. The molecule has 1 N–H and O–H groups in total. The van der Waals surface area contributed by atoms with Crippen molar-refractivity contribution in [3.63, 3.8) is 0 Å². The molecule has 4 heteroatoms. The van der Waals surface area contributed by atoms with E-state index in [1.165, 1.54) is 5.57 Å². The Bertz CT molecular complexity index is 1240. The molecule has 0 spiro atoms. The molecule has 3 fully saturated rings. The molecule has 0 bridgehead atoms. The summed E-state index contributed by atoms with van der Waals surface area (Å²) in [6.45, 7) is 8.85. The van der Waals surface area contributed by atoms with Crippen LogP contribution in [0.25, 0.3) is 11.8 Å². The fraction of sp³-hybridized carbons (Fsp3) is 0.548. The minimum Gasteiger partial charge on any atom is -0.393 e. The van der Waals surface area contributed by atoms with E-state index in [1.54, 1.807) is 0 Å². The maximum Gasteiger partial charge on any atom is 0.165 e. The second-order valence-corrected chi connectivity index (χ2v) is 12.1. The quantitative estimate of drug-likeness (QED) is 0.409. The summed E-state index contributed by atoms with van der Waals surface area (Å²) in [5, 5.41) is 15.1. The minimum absolute atomic E-state index is 0.175. The van der Waals surface area contributed by atoms with Crippen LogP contribution < -0.4 is 0 Å². The molecule has 35 heavy (non-hydrogen) atoms. The minimum atomic E-state index is -0.250. The van der Waals surface area contributed by atoms with Crippen molar-refractivity contribution >= 4 is 11.9 Å². The van der Waals surface area contributed by atoms with Gasteiger partial charge in [0.15, 0.2) is 5.78 Å². The van der Waals surface area contributed by atoms with E-state index >= 15 is 0 Å². The van der Waals surface area contributed by atoms with Gasteiger partial charge in [-0.05, 0) is 106 Å². The summed E-state index contributed by atoms with van der Waals surface area (Å²) < 4.78 is 2.00. The molecule has 0 amide bonds. The summed E-state index contributed by atoms with van der Waals surface area (Å²) in [7, 11) is 0. The highest BCUT2D eigenvalue weighted by atomic mass is 16.3. The second-order valence-electron chi connectivity index (χ2n) is 12.1. The lowest BCUT2D eigenvalue weighted by atomic mass is 9.48. The van der Waals surface area contributed by atoms with Gasteiger partial charge in [-0.1, -0.05) is 43.7 Å². The van der Waals surface area contributed by atoms with Crippen molar-refractivity contribution in [3.05, 3.63) is 64.5 Å². The van der Waals surface area contributed by atoms with Crippen LogP contribution in [0.4, 0.5) is 0 Å². The monoisotopic (exact) mass is 470 g/mol. The Balaban J connectivity index is 1.34. The predicted octanol–water partition coefficient (Wildman–Crippen LogP) is 6.38. The highest BCUT2D eigenvalue weighted by Crippen LogP contribution is 2.64. The van der Waals surface area contributed by atoms with E-state index in [9.17, 15) is 9.90 Å². The van der Waals surface area contributed by atoms with Crippen LogP contribution in [0.5, 0.6) is 0 Å². The maximum atomic E-state index is 13.9. The predicted molar refractivity (Wildman–Crippen MR) is 139 cm³/mol. The van der Waals surface area contributed by atoms with Gasteiger partial charge in [0.2, 0.25) is 0 Å². The number of carbonyl (C=O) groups is 1. The lowest BCUT2D eigenvalue weighted by molar-refractivity contribution is -0.130. The van der Waals surface area contributed by atoms with Crippen molar-refractivity contribution in [1.82, 2.24) is 9.78 Å². The Labute approximate surface area is 209 Å². The standard InChI is InChI=1S/C31H38N2O2/c1-19-26(20(2)33(32-19)23-8-6-5-7-9-23)16-21-17-28-25-11-10-22-18-24(34)12-14-30(22,3)27(25)13-15-31(28,4)29(21)35/h5-10,16,24-25,27-28,34H,11-15,17-18H2,1-4H3/b21-16+/t24-,25+,27-,28-,30+,31+/m1/s1. The first-order chi connectivity index (χ1) is 16.7. The van der Waals surface area contributed by atoms with E-state index in [2.05, 4.69) is 52.0 Å². The topological polar surface area (TPSA) is 55.1 Å². The van der Waals surface area contributed by atoms with Crippen LogP contribution in [0, 0.1) is 42.4 Å². The van der Waals surface area contributed by atoms with Crippen molar-refractivity contribution in [2.45, 2.75) is 78.7 Å². The molecule has 184 valence electrons. The molecule has 4 aliphatic carbocycles. The number of aromatic nitrogens is 2. The molecular weight excluding hydrogens is 432 g/mol. The number of carbonyl (C=O) groups excluding carboxylic acids is 1. The third-order valence-electron chi connectivity index (χ3n) is 10.4. The van der Waals surface area contributed by atoms with Gasteiger partial charge in [-0.25, -0.2) is 4.68 Å². The Kier molecular flexibility index (Phi) is 5.27. The number of benzene rings is 1. The van der Waals surface area contributed by atoms with Gasteiger partial charge >= 0.3 is 0 Å². The van der Waals surface area contributed by atoms with Crippen molar-refractivity contribution in [2.24, 2.45) is 28.6 Å². The van der Waals surface area contributed by atoms with Gasteiger partial charge in [0.1, 0.15) is 0 Å². The summed E-state index contributed by atoms with van der Waals surface area (Å²) in [6.07, 6.45) is 11.3. The lowest BCUT2D eigenvalue weighted by Gasteiger charge is -2.56. The molecule has 1 heterocycles. The van der Waals surface area contributed by atoms with Crippen LogP contribution in [0.1, 0.15) is 75.7 Å². The van der Waals surface area contributed by atoms with Crippen LogP contribution in [0.2, 0.25) is 0 Å². The highest BCUT2D eigenvalue weighted by Gasteiger charge is 2.59. The van der Waals surface area contributed by atoms with Gasteiger partial charge in [-0.2, -0.15) is 5.10 Å². The van der Waals surface area contributed by atoms with Gasteiger partial charge < -0.3 is 5.11 Å². The first-order valence-corrected chi connectivity index (χ1v) is 13.5. The number of allylic oxidation sites excluding steroid dienone is 2. The smallest absolute Gasteiger partial charge is 0.165 e. The molecule has 0 saturated heterocycles. The van der Waals surface area contributed by atoms with Crippen LogP contribution >= 0.6 is 0 Å². The van der Waals surface area contributed by atoms with Gasteiger partial charge in [0.05, 0.1) is 17.5 Å². The molecule has 2 aromatic rings. The Hall–Kier alpha value is -2.46. The van der Waals surface area contributed by atoms with Crippen LogP contribution in [0.3, 0.4) is 0 Å². The van der Waals surface area contributed by atoms with E-state index < -0.39 is 0 Å². The first-order valence-electron chi connectivity index (χ1n) is 13.5. The number of para-hydroxylation sites is 1. The van der Waals surface area contributed by atoms with Gasteiger partial charge in [0, 0.05) is 16.7 Å². The normalized spacial score (nSPS) is 37.6. The Morgan fingerprint density at radius 1 is 1.03 bits per heavy atom. The fourth-order valence-corrected chi connectivity index (χ4v) is 8.30. The molecule has 3 saturated carbocycles. The summed E-state index contributed by atoms with van der Waals surface area (Å²) in [5.41, 5.74) is 6.64. The van der Waals surface area contributed by atoms with E-state index in [1.807, 2.05) is 22.9 Å². The SMILES string of the molecule is Cc1nn(-c2ccccc2)c(C)c1/C=C1\C[C@@H]2[C@H]3CC=C4C[C@H](O)CC[C@]4(C)[C@@H]3CC[C@]2(C)C1=O. The molecule has 0 unspecified atom stereocenters. The fourth-order valence-electron chi connectivity index (χ4n) is 8.30. The molecule has 0 aliphatic heterocycles. The molecular formula is C31H38N2O2. The van der Waals surface area contributed by atoms with Gasteiger partial charge in [-0.15, -0.1) is 0 Å². The van der Waals surface area contributed by atoms with Crippen molar-refractivity contribution in [1.29, 1.82) is 0 Å². The third-order valence-corrected chi connectivity index (χ3v) is 10.4. The second kappa shape index (κ2) is 8.03. The highest BCUT2D eigenvalue weighted by molar-refractivity contribution is 6.06. The Morgan fingerprint density at radius 3 is 2.54 bits per heavy atom. The average molecular weight is 471 g/mol. The summed E-state index contributed by atoms with van der Waals surface area (Å²) in [4.78, 5) is 13.9. The number of nitrogens with zero attached hydrogens (tertiary/aromatic N) is 2. The number of ketones is 1. The number of hydrogen-bond donors (Lipinski definition) is 1. The number of Topliss-reactive ketones (excluding diaryl/α,β-unsaturated/α-hetero) is 1. The number of rotatable bonds is 2. The van der Waals surface area contributed by atoms with Gasteiger partial charge in [-0.3, -0.25) is 4.79 Å². The molecule has 1 aromatic heterocycles. The number of fused-ring (bicyclic) bond motifs is 5. The maximum absolute atomic E-state index is 13.9. The largest absolute Gasteiger partial charge is 0.393 e. The molecule has 6 rings (SSSR count). The zero-order valence-corrected chi connectivity index (χ0v) is 21.6. The van der Waals surface area contributed by atoms with Gasteiger partial charge in [0.25, 0.3) is 0 Å². The van der Waals surface area contributed by atoms with Crippen LogP contribution in [-0.4, -0.2) is 26.8 Å². The first kappa shape index (κ1) is 23.0. The van der Waals surface area contributed by atoms with Crippen molar-refractivity contribution in [2.75, 3.05) is 0 Å². The lowest BCUT2D eigenvalue weighted by Crippen LogP contribution is -2.50. The zero-order valence-electron chi connectivity index (χ0n) is 21.6. The molecule has 1 aromatic carbocycles. The zero-order chi connectivity index (χ0) is 24.5. The third kappa shape index (κ3) is 3.36. The van der Waals surface area contributed by atoms with Crippen LogP contribution in [0.15, 0.2) is 47.6 Å². The van der Waals surface area contributed by atoms with E-state index in [-0.39, 0.29) is 16.9 Å². The molecule has 0 radical (unpaired) electrons. The van der Waals surface area contributed by atoms with E-state index in [0.717, 1.165) is 73.2 Å². The Morgan fingerprint density at radius 2 is 1.77 bits per heavy atom. The summed E-state index contributed by atoms with van der Waals surface area (Å²) in [5.74, 6) is 1.96. The van der Waals surface area contributed by atoms with Crippen molar-refractivity contribution in [3.8, 4) is 5.69 Å². The number of aliphatic hydroxyl groups is 1. The number of aliphatic hydroxyl groups excluding tert-OH is 1. The van der Waals surface area contributed by atoms with E-state index in [0.29, 0.717) is 23.5 Å². The summed E-state index contributed by atoms with van der Waals surface area (Å²) in [6, 6.07) is 10.2. The molecule has 4 nitrogen and oxygen atoms in total. The summed E-state index contributed by atoms with van der Waals surface area (Å²) >= 11 is 0. The van der Waals surface area contributed by atoms with Crippen LogP contribution in [-0.2, 0) is 4.79 Å². The number of aryl methyl sites for hydroxylation is 1. The molecule has 4 aliphatic rings. The number of hydrogen-bond acceptors (Lipinski definition) is 3. The van der Waals surface area contributed by atoms with Crippen molar-refractivity contribution < 1.29 is 9.90 Å². The van der Waals surface area contributed by atoms with E-state index in [4.69, 9.17) is 5.10 Å².